The molecule has 3 rings (SSSR count). The zero-order valence-electron chi connectivity index (χ0n) is 13.2. The van der Waals surface area contributed by atoms with Crippen LogP contribution >= 0.6 is 0 Å². The molecule has 0 radical (unpaired) electrons. The Morgan fingerprint density at radius 2 is 1.43 bits per heavy atom. The first-order valence-corrected chi connectivity index (χ1v) is 8.43. The quantitative estimate of drug-likeness (QED) is 0.732. The fourth-order valence-electron chi connectivity index (χ4n) is 4.24. The average Bonchev–Trinajstić information content (AvgIpc) is 2.91. The van der Waals surface area contributed by atoms with Gasteiger partial charge in [-0.2, -0.15) is 0 Å². The van der Waals surface area contributed by atoms with E-state index in [-0.39, 0.29) is 42.9 Å². The lowest BCUT2D eigenvalue weighted by atomic mass is 9.78. The molecule has 1 spiro atoms. The third-order valence-electron chi connectivity index (χ3n) is 5.90. The molecule has 0 aromatic carbocycles. The SMILES string of the molecule is O=C([O-])N1CCC2(CC1)CCN(C(=O)C1CCC(F)(F)CC1)C2. The van der Waals surface area contributed by atoms with E-state index in [4.69, 9.17) is 0 Å². The van der Waals surface area contributed by atoms with Crippen molar-refractivity contribution in [2.45, 2.75) is 50.9 Å². The minimum atomic E-state index is -2.61. The summed E-state index contributed by atoms with van der Waals surface area (Å²) in [5, 5.41) is 10.9. The first kappa shape index (κ1) is 16.5. The van der Waals surface area contributed by atoms with E-state index in [1.54, 1.807) is 0 Å². The number of amides is 2. The Labute approximate surface area is 134 Å². The van der Waals surface area contributed by atoms with E-state index in [1.165, 1.54) is 4.90 Å². The highest BCUT2D eigenvalue weighted by molar-refractivity contribution is 5.79. The number of rotatable bonds is 1. The molecule has 2 heterocycles. The van der Waals surface area contributed by atoms with Crippen molar-refractivity contribution in [3.63, 3.8) is 0 Å². The maximum absolute atomic E-state index is 13.2. The Morgan fingerprint density at radius 1 is 0.913 bits per heavy atom. The van der Waals surface area contributed by atoms with Crippen LogP contribution in [-0.2, 0) is 4.79 Å². The zero-order chi connectivity index (χ0) is 16.7. The van der Waals surface area contributed by atoms with E-state index >= 15 is 0 Å². The lowest BCUT2D eigenvalue weighted by Gasteiger charge is -2.40. The highest BCUT2D eigenvalue weighted by atomic mass is 19.3. The van der Waals surface area contributed by atoms with Crippen LogP contribution in [0.25, 0.3) is 0 Å². The normalized spacial score (nSPS) is 27.4. The number of carbonyl (C=O) groups is 2. The molecule has 2 aliphatic heterocycles. The van der Waals surface area contributed by atoms with Gasteiger partial charge in [0.05, 0.1) is 0 Å². The molecule has 23 heavy (non-hydrogen) atoms. The van der Waals surface area contributed by atoms with Gasteiger partial charge in [0.1, 0.15) is 6.09 Å². The fourth-order valence-corrected chi connectivity index (χ4v) is 4.24. The number of piperidine rings is 1. The summed E-state index contributed by atoms with van der Waals surface area (Å²) in [5.41, 5.74) is 0.000213. The molecule has 3 fully saturated rings. The topological polar surface area (TPSA) is 63.7 Å². The van der Waals surface area contributed by atoms with Gasteiger partial charge in [-0.1, -0.05) is 0 Å². The van der Waals surface area contributed by atoms with Gasteiger partial charge >= 0.3 is 0 Å². The minimum Gasteiger partial charge on any atom is -0.530 e. The summed E-state index contributed by atoms with van der Waals surface area (Å²) in [4.78, 5) is 26.6. The van der Waals surface area contributed by atoms with Crippen molar-refractivity contribution in [1.82, 2.24) is 9.80 Å². The number of hydrogen-bond donors (Lipinski definition) is 0. The summed E-state index contributed by atoms with van der Waals surface area (Å²) in [5.74, 6) is -2.87. The number of alkyl halides is 2. The monoisotopic (exact) mass is 329 g/mol. The summed E-state index contributed by atoms with van der Waals surface area (Å²) in [6, 6.07) is 0. The van der Waals surface area contributed by atoms with Crippen LogP contribution in [0.2, 0.25) is 0 Å². The van der Waals surface area contributed by atoms with Gasteiger partial charge in [0.2, 0.25) is 11.8 Å². The van der Waals surface area contributed by atoms with Crippen LogP contribution in [0.4, 0.5) is 13.6 Å². The maximum atomic E-state index is 13.2. The standard InChI is InChI=1S/C16H24F2N2O3/c17-16(18)3-1-12(2-4-16)13(21)20-10-7-15(11-20)5-8-19(9-6-15)14(22)23/h12H,1-11H2,(H,22,23)/p-1. The molecule has 0 bridgehead atoms. The van der Waals surface area contributed by atoms with Crippen LogP contribution in [0, 0.1) is 11.3 Å². The van der Waals surface area contributed by atoms with E-state index in [9.17, 15) is 23.5 Å². The molecule has 1 saturated carbocycles. The number of carbonyl (C=O) groups excluding carboxylic acids is 2. The van der Waals surface area contributed by atoms with Gasteiger partial charge in [-0.15, -0.1) is 0 Å². The predicted molar refractivity (Wildman–Crippen MR) is 76.7 cm³/mol. The van der Waals surface area contributed by atoms with Crippen LogP contribution in [0.15, 0.2) is 0 Å². The Morgan fingerprint density at radius 3 is 1.96 bits per heavy atom. The lowest BCUT2D eigenvalue weighted by molar-refractivity contribution is -0.267. The largest absolute Gasteiger partial charge is 0.530 e. The number of carboxylic acid groups (broad SMARTS) is 1. The van der Waals surface area contributed by atoms with Crippen LogP contribution < -0.4 is 5.11 Å². The Bertz CT molecular complexity index is 480. The van der Waals surface area contributed by atoms with Gasteiger partial charge in [0.25, 0.3) is 0 Å². The first-order valence-electron chi connectivity index (χ1n) is 8.43. The third kappa shape index (κ3) is 3.43. The number of likely N-dealkylation sites (tertiary alicyclic amines) is 2. The van der Waals surface area contributed by atoms with E-state index in [0.29, 0.717) is 26.2 Å². The Balaban J connectivity index is 1.54. The van der Waals surface area contributed by atoms with E-state index in [1.807, 2.05) is 4.90 Å². The summed E-state index contributed by atoms with van der Waals surface area (Å²) in [6.07, 6.45) is 1.39. The van der Waals surface area contributed by atoms with Gasteiger partial charge < -0.3 is 19.7 Å². The van der Waals surface area contributed by atoms with E-state index in [0.717, 1.165) is 19.3 Å². The second kappa shape index (κ2) is 5.91. The second-order valence-corrected chi connectivity index (χ2v) is 7.39. The van der Waals surface area contributed by atoms with Crippen LogP contribution in [0.3, 0.4) is 0 Å². The Hall–Kier alpha value is -1.40. The molecule has 130 valence electrons. The van der Waals surface area contributed by atoms with E-state index in [2.05, 4.69) is 0 Å². The van der Waals surface area contributed by atoms with Crippen LogP contribution in [-0.4, -0.2) is 53.9 Å². The molecule has 7 heteroatoms. The minimum absolute atomic E-state index is 0.000213. The molecule has 3 aliphatic rings. The van der Waals surface area contributed by atoms with Crippen molar-refractivity contribution in [3.05, 3.63) is 0 Å². The maximum Gasteiger partial charge on any atom is 0.248 e. The van der Waals surface area contributed by atoms with Crippen molar-refractivity contribution in [2.75, 3.05) is 26.2 Å². The van der Waals surface area contributed by atoms with Gasteiger partial charge in [-0.25, -0.2) is 8.78 Å². The zero-order valence-corrected chi connectivity index (χ0v) is 13.2. The Kier molecular flexibility index (Phi) is 4.23. The predicted octanol–water partition coefficient (Wildman–Crippen LogP) is 1.47. The molecule has 1 aliphatic carbocycles. The molecule has 2 saturated heterocycles. The van der Waals surface area contributed by atoms with Crippen molar-refractivity contribution in [3.8, 4) is 0 Å². The van der Waals surface area contributed by atoms with Crippen LogP contribution in [0.5, 0.6) is 0 Å². The molecule has 0 aromatic heterocycles. The van der Waals surface area contributed by atoms with Crippen molar-refractivity contribution in [2.24, 2.45) is 11.3 Å². The summed E-state index contributed by atoms with van der Waals surface area (Å²) in [7, 11) is 0. The fraction of sp³-hybridized carbons (Fsp3) is 0.875. The molecular formula is C16H23F2N2O3-. The number of halogens is 2. The smallest absolute Gasteiger partial charge is 0.248 e. The molecule has 2 amide bonds. The van der Waals surface area contributed by atoms with Crippen LogP contribution in [0.1, 0.15) is 44.9 Å². The highest BCUT2D eigenvalue weighted by Gasteiger charge is 2.45. The second-order valence-electron chi connectivity index (χ2n) is 7.39. The molecule has 0 N–H and O–H groups in total. The summed E-state index contributed by atoms with van der Waals surface area (Å²) >= 11 is 0. The number of hydrogen-bond acceptors (Lipinski definition) is 3. The molecular weight excluding hydrogens is 306 g/mol. The lowest BCUT2D eigenvalue weighted by Crippen LogP contribution is -2.49. The molecule has 0 aromatic rings. The van der Waals surface area contributed by atoms with Gasteiger partial charge in [-0.05, 0) is 37.5 Å². The van der Waals surface area contributed by atoms with Crippen molar-refractivity contribution < 1.29 is 23.5 Å². The van der Waals surface area contributed by atoms with Gasteiger partial charge in [-0.3, -0.25) is 4.79 Å². The van der Waals surface area contributed by atoms with E-state index < -0.39 is 12.0 Å². The molecule has 0 atom stereocenters. The summed E-state index contributed by atoms with van der Waals surface area (Å²) in [6.45, 7) is 2.22. The van der Waals surface area contributed by atoms with Gasteiger partial charge in [0, 0.05) is 44.9 Å². The van der Waals surface area contributed by atoms with Gasteiger partial charge in [0.15, 0.2) is 0 Å². The molecule has 5 nitrogen and oxygen atoms in total. The van der Waals surface area contributed by atoms with Crippen molar-refractivity contribution in [1.29, 1.82) is 0 Å². The summed E-state index contributed by atoms with van der Waals surface area (Å²) < 4.78 is 26.4. The molecule has 0 unspecified atom stereocenters. The van der Waals surface area contributed by atoms with Crippen molar-refractivity contribution >= 4 is 12.0 Å². The number of nitrogens with zero attached hydrogens (tertiary/aromatic N) is 2. The average molecular weight is 329 g/mol. The third-order valence-corrected chi connectivity index (χ3v) is 5.90. The highest BCUT2D eigenvalue weighted by Crippen LogP contribution is 2.42. The first-order chi connectivity index (χ1) is 10.8.